The smallest absolute Gasteiger partial charge is 0.0589 e. The molecule has 0 heterocycles. The highest BCUT2D eigenvalue weighted by molar-refractivity contribution is 4.86. The summed E-state index contributed by atoms with van der Waals surface area (Å²) in [5.41, 5.74) is 0. The molecule has 0 aromatic rings. The normalized spacial score (nSPS) is 24.6. The van der Waals surface area contributed by atoms with E-state index in [9.17, 15) is 0 Å². The molecule has 0 aromatic heterocycles. The summed E-state index contributed by atoms with van der Waals surface area (Å²) in [5.74, 6) is 0. The molecule has 0 aromatic carbocycles. The summed E-state index contributed by atoms with van der Waals surface area (Å²) in [6.45, 7) is 3.81. The third kappa shape index (κ3) is 6.21. The molecule has 1 fully saturated rings. The van der Waals surface area contributed by atoms with Crippen molar-refractivity contribution in [1.29, 1.82) is 0 Å². The number of likely N-dealkylation sites (N-methyl/N-ethyl adjacent to an activating group) is 1. The standard InChI is InChI=1S/C15H32N2O2/c1-16-14-8-5-4-6-9-15(14)17(11-13-19-3)10-7-12-18-2/h14-16H,4-13H2,1-3H3. The summed E-state index contributed by atoms with van der Waals surface area (Å²) in [6, 6.07) is 1.28. The van der Waals surface area contributed by atoms with Gasteiger partial charge in [-0.25, -0.2) is 0 Å². The van der Waals surface area contributed by atoms with Crippen LogP contribution in [0.2, 0.25) is 0 Å². The monoisotopic (exact) mass is 272 g/mol. The number of rotatable bonds is 9. The fourth-order valence-electron chi connectivity index (χ4n) is 3.13. The number of hydrogen-bond acceptors (Lipinski definition) is 4. The van der Waals surface area contributed by atoms with Gasteiger partial charge in [0.2, 0.25) is 0 Å². The highest BCUT2D eigenvalue weighted by Gasteiger charge is 2.27. The maximum absolute atomic E-state index is 5.28. The van der Waals surface area contributed by atoms with Crippen LogP contribution in [-0.4, -0.2) is 64.6 Å². The Labute approximate surface area is 118 Å². The first kappa shape index (κ1) is 16.9. The lowest BCUT2D eigenvalue weighted by Crippen LogP contribution is -2.50. The van der Waals surface area contributed by atoms with E-state index >= 15 is 0 Å². The molecule has 1 aliphatic carbocycles. The Kier molecular flexibility index (Phi) is 9.43. The number of ether oxygens (including phenoxy) is 2. The summed E-state index contributed by atoms with van der Waals surface area (Å²) < 4.78 is 10.5. The van der Waals surface area contributed by atoms with Gasteiger partial charge in [0, 0.05) is 46.0 Å². The van der Waals surface area contributed by atoms with Gasteiger partial charge < -0.3 is 14.8 Å². The van der Waals surface area contributed by atoms with Crippen molar-refractivity contribution < 1.29 is 9.47 Å². The molecule has 0 aliphatic heterocycles. The minimum absolute atomic E-state index is 0.627. The minimum atomic E-state index is 0.627. The zero-order chi connectivity index (χ0) is 13.9. The average Bonchev–Trinajstić information content (AvgIpc) is 2.67. The topological polar surface area (TPSA) is 33.7 Å². The zero-order valence-corrected chi connectivity index (χ0v) is 13.0. The molecule has 1 saturated carbocycles. The van der Waals surface area contributed by atoms with Crippen LogP contribution >= 0.6 is 0 Å². The number of methoxy groups -OCH3 is 2. The van der Waals surface area contributed by atoms with Gasteiger partial charge in [-0.1, -0.05) is 19.3 Å². The third-order valence-electron chi connectivity index (χ3n) is 4.20. The van der Waals surface area contributed by atoms with Gasteiger partial charge in [-0.2, -0.15) is 0 Å². The molecule has 1 aliphatic rings. The van der Waals surface area contributed by atoms with Crippen molar-refractivity contribution in [2.45, 2.75) is 50.6 Å². The highest BCUT2D eigenvalue weighted by Crippen LogP contribution is 2.22. The zero-order valence-electron chi connectivity index (χ0n) is 13.0. The molecule has 114 valence electrons. The number of nitrogens with zero attached hydrogens (tertiary/aromatic N) is 1. The van der Waals surface area contributed by atoms with Gasteiger partial charge in [-0.15, -0.1) is 0 Å². The second-order valence-corrected chi connectivity index (χ2v) is 5.48. The van der Waals surface area contributed by atoms with E-state index < -0.39 is 0 Å². The first-order valence-corrected chi connectivity index (χ1v) is 7.72. The fraction of sp³-hybridized carbons (Fsp3) is 1.00. The first-order valence-electron chi connectivity index (χ1n) is 7.72. The van der Waals surface area contributed by atoms with E-state index in [-0.39, 0.29) is 0 Å². The van der Waals surface area contributed by atoms with E-state index in [1.165, 1.54) is 32.1 Å². The van der Waals surface area contributed by atoms with E-state index in [0.717, 1.165) is 32.7 Å². The molecule has 0 amide bonds. The molecule has 1 N–H and O–H groups in total. The van der Waals surface area contributed by atoms with Gasteiger partial charge in [0.25, 0.3) is 0 Å². The quantitative estimate of drug-likeness (QED) is 0.513. The Balaban J connectivity index is 2.56. The van der Waals surface area contributed by atoms with Gasteiger partial charge in [0.1, 0.15) is 0 Å². The summed E-state index contributed by atoms with van der Waals surface area (Å²) >= 11 is 0. The van der Waals surface area contributed by atoms with Gasteiger partial charge in [0.05, 0.1) is 6.61 Å². The lowest BCUT2D eigenvalue weighted by Gasteiger charge is -2.36. The molecule has 0 saturated heterocycles. The second kappa shape index (κ2) is 10.6. The maximum Gasteiger partial charge on any atom is 0.0589 e. The Hall–Kier alpha value is -0.160. The van der Waals surface area contributed by atoms with Crippen LogP contribution in [0.3, 0.4) is 0 Å². The van der Waals surface area contributed by atoms with Crippen molar-refractivity contribution in [3.63, 3.8) is 0 Å². The Morgan fingerprint density at radius 1 is 1.00 bits per heavy atom. The first-order chi connectivity index (χ1) is 9.33. The fourth-order valence-corrected chi connectivity index (χ4v) is 3.13. The van der Waals surface area contributed by atoms with Crippen molar-refractivity contribution in [2.24, 2.45) is 0 Å². The molecule has 0 spiro atoms. The van der Waals surface area contributed by atoms with E-state index in [4.69, 9.17) is 9.47 Å². The van der Waals surface area contributed by atoms with Crippen LogP contribution in [0.4, 0.5) is 0 Å². The molecular formula is C15H32N2O2. The van der Waals surface area contributed by atoms with E-state index in [0.29, 0.717) is 12.1 Å². The molecule has 1 rings (SSSR count). The van der Waals surface area contributed by atoms with Crippen LogP contribution in [0.1, 0.15) is 38.5 Å². The second-order valence-electron chi connectivity index (χ2n) is 5.48. The van der Waals surface area contributed by atoms with E-state index in [2.05, 4.69) is 17.3 Å². The van der Waals surface area contributed by atoms with Crippen molar-refractivity contribution in [3.05, 3.63) is 0 Å². The molecule has 0 bridgehead atoms. The van der Waals surface area contributed by atoms with Gasteiger partial charge >= 0.3 is 0 Å². The maximum atomic E-state index is 5.28. The van der Waals surface area contributed by atoms with E-state index in [1.807, 2.05) is 0 Å². The van der Waals surface area contributed by atoms with Crippen molar-refractivity contribution in [2.75, 3.05) is 47.6 Å². The molecule has 0 radical (unpaired) electrons. The van der Waals surface area contributed by atoms with Crippen molar-refractivity contribution in [1.82, 2.24) is 10.2 Å². The van der Waals surface area contributed by atoms with Gasteiger partial charge in [-0.3, -0.25) is 4.90 Å². The van der Waals surface area contributed by atoms with Crippen LogP contribution in [0, 0.1) is 0 Å². The molecule has 19 heavy (non-hydrogen) atoms. The number of nitrogens with one attached hydrogen (secondary N) is 1. The molecular weight excluding hydrogens is 240 g/mol. The predicted molar refractivity (Wildman–Crippen MR) is 79.7 cm³/mol. The van der Waals surface area contributed by atoms with Crippen LogP contribution in [0.15, 0.2) is 0 Å². The van der Waals surface area contributed by atoms with Gasteiger partial charge in [0.15, 0.2) is 0 Å². The molecule has 4 heteroatoms. The lowest BCUT2D eigenvalue weighted by molar-refractivity contribution is 0.0884. The average molecular weight is 272 g/mol. The van der Waals surface area contributed by atoms with Gasteiger partial charge in [-0.05, 0) is 26.3 Å². The summed E-state index contributed by atoms with van der Waals surface area (Å²) in [6.07, 6.45) is 7.81. The van der Waals surface area contributed by atoms with Crippen molar-refractivity contribution >= 4 is 0 Å². The Morgan fingerprint density at radius 2 is 1.74 bits per heavy atom. The minimum Gasteiger partial charge on any atom is -0.385 e. The third-order valence-corrected chi connectivity index (χ3v) is 4.20. The Morgan fingerprint density at radius 3 is 2.42 bits per heavy atom. The molecule has 2 atom stereocenters. The SMILES string of the molecule is CNC1CCCCCC1N(CCCOC)CCOC. The van der Waals surface area contributed by atoms with Crippen LogP contribution in [0.25, 0.3) is 0 Å². The molecule has 2 unspecified atom stereocenters. The largest absolute Gasteiger partial charge is 0.385 e. The highest BCUT2D eigenvalue weighted by atomic mass is 16.5. The molecule has 4 nitrogen and oxygen atoms in total. The number of hydrogen-bond donors (Lipinski definition) is 1. The summed E-state index contributed by atoms with van der Waals surface area (Å²) in [4.78, 5) is 2.61. The Bertz CT molecular complexity index is 214. The van der Waals surface area contributed by atoms with E-state index in [1.54, 1.807) is 14.2 Å². The predicted octanol–water partition coefficient (Wildman–Crippen LogP) is 1.89. The summed E-state index contributed by atoms with van der Waals surface area (Å²) in [5, 5.41) is 3.53. The van der Waals surface area contributed by atoms with Crippen LogP contribution < -0.4 is 5.32 Å². The summed E-state index contributed by atoms with van der Waals surface area (Å²) in [7, 11) is 5.67. The lowest BCUT2D eigenvalue weighted by atomic mass is 10.0. The van der Waals surface area contributed by atoms with Crippen molar-refractivity contribution in [3.8, 4) is 0 Å². The van der Waals surface area contributed by atoms with Crippen LogP contribution in [-0.2, 0) is 9.47 Å². The van der Waals surface area contributed by atoms with Crippen LogP contribution in [0.5, 0.6) is 0 Å².